The fraction of sp³-hybridized carbons (Fsp3) is 0.400. The highest BCUT2D eigenvalue weighted by atomic mass is 79.9. The molecule has 1 nitrogen and oxygen atoms in total. The molecule has 0 aliphatic carbocycles. The van der Waals surface area contributed by atoms with Crippen LogP contribution in [0.2, 0.25) is 0 Å². The Morgan fingerprint density at radius 1 is 1.31 bits per heavy atom. The lowest BCUT2D eigenvalue weighted by atomic mass is 10.3. The first-order valence-electron chi connectivity index (χ1n) is 4.41. The van der Waals surface area contributed by atoms with Gasteiger partial charge in [0.05, 0.1) is 0 Å². The highest BCUT2D eigenvalue weighted by Crippen LogP contribution is 2.27. The van der Waals surface area contributed by atoms with E-state index < -0.39 is 17.6 Å². The highest BCUT2D eigenvalue weighted by Gasteiger charge is 2.38. The highest BCUT2D eigenvalue weighted by molar-refractivity contribution is 9.09. The average Bonchev–Trinajstić information content (AvgIpc) is 2.25. The van der Waals surface area contributed by atoms with Gasteiger partial charge in [-0.05, 0) is 30.5 Å². The molecule has 0 saturated carbocycles. The molecule has 1 aromatic carbocycles. The monoisotopic (exact) mass is 314 g/mol. The van der Waals surface area contributed by atoms with Gasteiger partial charge in [-0.1, -0.05) is 15.9 Å². The van der Waals surface area contributed by atoms with Crippen LogP contribution in [-0.4, -0.2) is 23.9 Å². The first-order chi connectivity index (χ1) is 7.43. The van der Waals surface area contributed by atoms with E-state index in [0.717, 1.165) is 4.90 Å². The van der Waals surface area contributed by atoms with Crippen molar-refractivity contribution in [1.82, 2.24) is 0 Å². The van der Waals surface area contributed by atoms with Gasteiger partial charge in [-0.3, -0.25) is 0 Å². The lowest BCUT2D eigenvalue weighted by molar-refractivity contribution is -0.132. The molecule has 0 bridgehead atoms. The Morgan fingerprint density at radius 2 is 1.88 bits per heavy atom. The number of hydrogen-bond acceptors (Lipinski definition) is 2. The van der Waals surface area contributed by atoms with Gasteiger partial charge in [0.25, 0.3) is 0 Å². The van der Waals surface area contributed by atoms with Crippen molar-refractivity contribution in [3.8, 4) is 5.75 Å². The molecular weight excluding hydrogens is 305 g/mol. The Bertz CT molecular complexity index is 326. The number of rotatable bonds is 4. The molecule has 1 rings (SSSR count). The Morgan fingerprint density at radius 3 is 2.31 bits per heavy atom. The minimum atomic E-state index is -4.28. The largest absolute Gasteiger partial charge is 0.492 e. The Labute approximate surface area is 104 Å². The summed E-state index contributed by atoms with van der Waals surface area (Å²) >= 11 is 4.09. The maximum atomic E-state index is 12.1. The van der Waals surface area contributed by atoms with Crippen LogP contribution in [0.4, 0.5) is 13.2 Å². The standard InChI is InChI=1S/C10H10BrF3OS/c1-16-8-4-2-7(3-5-8)15-6-9(11)10(12,13)14/h2-5,9H,6H2,1H3. The third-order valence-electron chi connectivity index (χ3n) is 1.81. The van der Waals surface area contributed by atoms with Gasteiger partial charge in [0.2, 0.25) is 0 Å². The van der Waals surface area contributed by atoms with Crippen molar-refractivity contribution in [2.24, 2.45) is 0 Å². The summed E-state index contributed by atoms with van der Waals surface area (Å²) in [6.07, 6.45) is -2.35. The molecule has 90 valence electrons. The van der Waals surface area contributed by atoms with Crippen molar-refractivity contribution in [3.63, 3.8) is 0 Å². The number of hydrogen-bond donors (Lipinski definition) is 0. The van der Waals surface area contributed by atoms with Crippen LogP contribution in [0.3, 0.4) is 0 Å². The fourth-order valence-corrected chi connectivity index (χ4v) is 1.48. The second kappa shape index (κ2) is 5.82. The van der Waals surface area contributed by atoms with E-state index in [0.29, 0.717) is 5.75 Å². The smallest absolute Gasteiger partial charge is 0.404 e. The zero-order valence-corrected chi connectivity index (χ0v) is 10.8. The van der Waals surface area contributed by atoms with E-state index in [9.17, 15) is 13.2 Å². The van der Waals surface area contributed by atoms with Crippen molar-refractivity contribution in [1.29, 1.82) is 0 Å². The predicted molar refractivity (Wildman–Crippen MR) is 62.5 cm³/mol. The SMILES string of the molecule is CSc1ccc(OCC(Br)C(F)(F)F)cc1. The summed E-state index contributed by atoms with van der Waals surface area (Å²) in [4.78, 5) is -0.598. The summed E-state index contributed by atoms with van der Waals surface area (Å²) in [5.41, 5.74) is 0. The number of thioether (sulfide) groups is 1. The van der Waals surface area contributed by atoms with Crippen molar-refractivity contribution < 1.29 is 17.9 Å². The van der Waals surface area contributed by atoms with E-state index in [1.807, 2.05) is 6.26 Å². The fourth-order valence-electron chi connectivity index (χ4n) is 0.936. The molecule has 1 atom stereocenters. The van der Waals surface area contributed by atoms with Crippen LogP contribution in [0.25, 0.3) is 0 Å². The third-order valence-corrected chi connectivity index (χ3v) is 3.34. The predicted octanol–water partition coefficient (Wildman–Crippen LogP) is 4.11. The molecule has 0 N–H and O–H groups in total. The minimum Gasteiger partial charge on any atom is -0.492 e. The molecule has 0 heterocycles. The molecule has 16 heavy (non-hydrogen) atoms. The van der Waals surface area contributed by atoms with Crippen LogP contribution < -0.4 is 4.74 Å². The number of halogens is 4. The Kier molecular flexibility index (Phi) is 4.98. The first kappa shape index (κ1) is 13.7. The number of alkyl halides is 4. The van der Waals surface area contributed by atoms with Crippen LogP contribution in [0.5, 0.6) is 5.75 Å². The molecule has 0 aliphatic heterocycles. The average molecular weight is 315 g/mol. The molecular formula is C10H10BrF3OS. The van der Waals surface area contributed by atoms with Gasteiger partial charge in [0, 0.05) is 4.90 Å². The van der Waals surface area contributed by atoms with Crippen LogP contribution in [-0.2, 0) is 0 Å². The van der Waals surface area contributed by atoms with Crippen molar-refractivity contribution in [2.75, 3.05) is 12.9 Å². The summed E-state index contributed by atoms with van der Waals surface area (Å²) in [5, 5.41) is 0. The molecule has 1 unspecified atom stereocenters. The molecule has 0 aromatic heterocycles. The molecule has 0 saturated heterocycles. The van der Waals surface area contributed by atoms with E-state index in [-0.39, 0.29) is 0 Å². The van der Waals surface area contributed by atoms with Crippen LogP contribution >= 0.6 is 27.7 Å². The zero-order valence-electron chi connectivity index (χ0n) is 8.42. The zero-order chi connectivity index (χ0) is 12.2. The molecule has 1 aromatic rings. The molecule has 0 aliphatic rings. The second-order valence-corrected chi connectivity index (χ2v) is 4.98. The molecule has 0 spiro atoms. The van der Waals surface area contributed by atoms with Gasteiger partial charge in [-0.2, -0.15) is 13.2 Å². The summed E-state index contributed by atoms with van der Waals surface area (Å²) < 4.78 is 41.4. The Hall–Kier alpha value is -0.360. The van der Waals surface area contributed by atoms with E-state index >= 15 is 0 Å². The lowest BCUT2D eigenvalue weighted by Crippen LogP contribution is -2.28. The normalized spacial score (nSPS) is 13.6. The van der Waals surface area contributed by atoms with Crippen molar-refractivity contribution in [2.45, 2.75) is 15.9 Å². The molecule has 6 heteroatoms. The van der Waals surface area contributed by atoms with Crippen molar-refractivity contribution in [3.05, 3.63) is 24.3 Å². The number of benzene rings is 1. The molecule has 0 amide bonds. The lowest BCUT2D eigenvalue weighted by Gasteiger charge is -2.14. The molecule has 0 fully saturated rings. The Balaban J connectivity index is 2.48. The van der Waals surface area contributed by atoms with Gasteiger partial charge < -0.3 is 4.74 Å². The van der Waals surface area contributed by atoms with E-state index in [1.54, 1.807) is 36.0 Å². The van der Waals surface area contributed by atoms with Crippen LogP contribution in [0.15, 0.2) is 29.2 Å². The summed E-state index contributed by atoms with van der Waals surface area (Å²) in [5.74, 6) is 0.437. The topological polar surface area (TPSA) is 9.23 Å². The van der Waals surface area contributed by atoms with Gasteiger partial charge in [0.15, 0.2) is 0 Å². The number of ether oxygens (including phenoxy) is 1. The second-order valence-electron chi connectivity index (χ2n) is 3.00. The van der Waals surface area contributed by atoms with Crippen LogP contribution in [0, 0.1) is 0 Å². The first-order valence-corrected chi connectivity index (χ1v) is 6.55. The van der Waals surface area contributed by atoms with E-state index in [2.05, 4.69) is 15.9 Å². The maximum absolute atomic E-state index is 12.1. The van der Waals surface area contributed by atoms with Gasteiger partial charge in [-0.15, -0.1) is 11.8 Å². The summed E-state index contributed by atoms with van der Waals surface area (Å²) in [6.45, 7) is -0.428. The third kappa shape index (κ3) is 4.25. The van der Waals surface area contributed by atoms with Gasteiger partial charge in [0.1, 0.15) is 17.2 Å². The minimum absolute atomic E-state index is 0.428. The quantitative estimate of drug-likeness (QED) is 0.611. The van der Waals surface area contributed by atoms with Crippen LogP contribution in [0.1, 0.15) is 0 Å². The molecule has 0 radical (unpaired) electrons. The summed E-state index contributed by atoms with van der Waals surface area (Å²) in [6, 6.07) is 6.91. The van der Waals surface area contributed by atoms with E-state index in [1.165, 1.54) is 0 Å². The van der Waals surface area contributed by atoms with Crippen molar-refractivity contribution >= 4 is 27.7 Å². The van der Waals surface area contributed by atoms with E-state index in [4.69, 9.17) is 4.74 Å². The summed E-state index contributed by atoms with van der Waals surface area (Å²) in [7, 11) is 0. The van der Waals surface area contributed by atoms with Gasteiger partial charge >= 0.3 is 6.18 Å². The van der Waals surface area contributed by atoms with Gasteiger partial charge in [-0.25, -0.2) is 0 Å². The maximum Gasteiger partial charge on any atom is 0.404 e.